The summed E-state index contributed by atoms with van der Waals surface area (Å²) in [6, 6.07) is 12.7. The van der Waals surface area contributed by atoms with E-state index in [1.165, 1.54) is 38.1 Å². The first-order valence-corrected chi connectivity index (χ1v) is 9.95. The first-order valence-electron chi connectivity index (χ1n) is 8.97. The van der Waals surface area contributed by atoms with Crippen molar-refractivity contribution in [3.8, 4) is 11.5 Å². The fourth-order valence-corrected chi connectivity index (χ4v) is 3.57. The Morgan fingerprint density at radius 1 is 1.13 bits per heavy atom. The predicted molar refractivity (Wildman–Crippen MR) is 113 cm³/mol. The van der Waals surface area contributed by atoms with Crippen LogP contribution in [-0.2, 0) is 17.0 Å². The van der Waals surface area contributed by atoms with E-state index in [4.69, 9.17) is 9.47 Å². The number of hydrogen-bond acceptors (Lipinski definition) is 6. The molecule has 156 valence electrons. The summed E-state index contributed by atoms with van der Waals surface area (Å²) in [6.45, 7) is 0. The highest BCUT2D eigenvalue weighted by molar-refractivity contribution is 7.98. The Morgan fingerprint density at radius 2 is 1.90 bits per heavy atom. The van der Waals surface area contributed by atoms with Crippen LogP contribution in [0.1, 0.15) is 11.3 Å². The van der Waals surface area contributed by atoms with Crippen LogP contribution in [0, 0.1) is 5.82 Å². The molecule has 1 heterocycles. The van der Waals surface area contributed by atoms with Crippen LogP contribution < -0.4 is 20.3 Å². The average Bonchev–Trinajstić information content (AvgIpc) is 2.72. The van der Waals surface area contributed by atoms with Gasteiger partial charge in [0, 0.05) is 23.6 Å². The number of benzene rings is 2. The quantitative estimate of drug-likeness (QED) is 0.421. The van der Waals surface area contributed by atoms with Crippen molar-refractivity contribution in [2.75, 3.05) is 19.5 Å². The van der Waals surface area contributed by atoms with Crippen molar-refractivity contribution in [3.63, 3.8) is 0 Å². The lowest BCUT2D eigenvalue weighted by Crippen LogP contribution is -2.18. The van der Waals surface area contributed by atoms with Gasteiger partial charge in [0.2, 0.25) is 5.91 Å². The van der Waals surface area contributed by atoms with Gasteiger partial charge in [-0.1, -0.05) is 30.0 Å². The largest absolute Gasteiger partial charge is 0.493 e. The smallest absolute Gasteiger partial charge is 0.251 e. The number of H-pyrrole nitrogens is 1. The molecule has 0 aliphatic rings. The zero-order valence-electron chi connectivity index (χ0n) is 16.4. The van der Waals surface area contributed by atoms with Crippen molar-refractivity contribution < 1.29 is 18.7 Å². The van der Waals surface area contributed by atoms with Gasteiger partial charge >= 0.3 is 0 Å². The molecule has 0 fully saturated rings. The van der Waals surface area contributed by atoms with Crippen LogP contribution in [0.3, 0.4) is 0 Å². The third kappa shape index (κ3) is 5.60. The van der Waals surface area contributed by atoms with Gasteiger partial charge in [-0.05, 0) is 23.8 Å². The third-order valence-electron chi connectivity index (χ3n) is 4.10. The molecule has 7 nitrogen and oxygen atoms in total. The highest BCUT2D eigenvalue weighted by Gasteiger charge is 2.11. The number of carbonyl (C=O) groups excluding carboxylic acids is 1. The summed E-state index contributed by atoms with van der Waals surface area (Å²) >= 11 is 1.19. The summed E-state index contributed by atoms with van der Waals surface area (Å²) in [5.41, 5.74) is 0.959. The number of aromatic nitrogens is 2. The Kier molecular flexibility index (Phi) is 7.08. The van der Waals surface area contributed by atoms with E-state index < -0.39 is 0 Å². The van der Waals surface area contributed by atoms with Crippen LogP contribution in [0.4, 0.5) is 10.1 Å². The highest BCUT2D eigenvalue weighted by atomic mass is 32.2. The van der Waals surface area contributed by atoms with E-state index in [1.54, 1.807) is 36.4 Å². The Balaban J connectivity index is 1.67. The van der Waals surface area contributed by atoms with Gasteiger partial charge in [-0.2, -0.15) is 0 Å². The second kappa shape index (κ2) is 9.93. The van der Waals surface area contributed by atoms with E-state index in [2.05, 4.69) is 15.3 Å². The standard InChI is InChI=1S/C21H20FN3O4S/c1-28-17-8-7-14(9-18(17)29-2)23-19(26)10-15-11-20(27)25-21(24-15)30-12-13-5-3-4-6-16(13)22/h3-9,11H,10,12H2,1-2H3,(H,23,26)(H,24,25,27). The zero-order valence-corrected chi connectivity index (χ0v) is 17.2. The van der Waals surface area contributed by atoms with Gasteiger partial charge in [0.25, 0.3) is 5.56 Å². The normalized spacial score (nSPS) is 10.5. The maximum Gasteiger partial charge on any atom is 0.251 e. The molecule has 3 rings (SSSR count). The number of hydrogen-bond donors (Lipinski definition) is 2. The van der Waals surface area contributed by atoms with Crippen molar-refractivity contribution in [2.45, 2.75) is 17.3 Å². The molecular formula is C21H20FN3O4S. The minimum atomic E-state index is -0.380. The van der Waals surface area contributed by atoms with Crippen molar-refractivity contribution in [1.29, 1.82) is 0 Å². The van der Waals surface area contributed by atoms with Crippen LogP contribution in [0.15, 0.2) is 58.5 Å². The molecular weight excluding hydrogens is 409 g/mol. The van der Waals surface area contributed by atoms with Gasteiger partial charge in [-0.25, -0.2) is 9.37 Å². The topological polar surface area (TPSA) is 93.3 Å². The fourth-order valence-electron chi connectivity index (χ4n) is 2.69. The number of nitrogens with zero attached hydrogens (tertiary/aromatic N) is 1. The van der Waals surface area contributed by atoms with E-state index in [0.29, 0.717) is 39.4 Å². The molecule has 2 N–H and O–H groups in total. The number of ether oxygens (including phenoxy) is 2. The molecule has 0 saturated heterocycles. The Labute approximate surface area is 176 Å². The Hall–Kier alpha value is -3.33. The number of rotatable bonds is 8. The van der Waals surface area contributed by atoms with Crippen LogP contribution in [0.25, 0.3) is 0 Å². The Morgan fingerprint density at radius 3 is 2.63 bits per heavy atom. The monoisotopic (exact) mass is 429 g/mol. The lowest BCUT2D eigenvalue weighted by molar-refractivity contribution is -0.115. The summed E-state index contributed by atoms with van der Waals surface area (Å²) in [4.78, 5) is 31.2. The summed E-state index contributed by atoms with van der Waals surface area (Å²) in [5, 5.41) is 3.06. The summed E-state index contributed by atoms with van der Waals surface area (Å²) < 4.78 is 24.1. The van der Waals surface area contributed by atoms with Crippen LogP contribution in [0.2, 0.25) is 0 Å². The van der Waals surface area contributed by atoms with Crippen molar-refractivity contribution >= 4 is 23.4 Å². The molecule has 3 aromatic rings. The lowest BCUT2D eigenvalue weighted by atomic mass is 10.2. The van der Waals surface area contributed by atoms with Gasteiger partial charge in [-0.15, -0.1) is 0 Å². The van der Waals surface area contributed by atoms with E-state index in [1.807, 2.05) is 0 Å². The number of halogens is 1. The molecule has 0 radical (unpaired) electrons. The molecule has 0 aliphatic heterocycles. The first kappa shape index (κ1) is 21.4. The first-order chi connectivity index (χ1) is 14.5. The second-order valence-corrected chi connectivity index (χ2v) is 7.18. The number of methoxy groups -OCH3 is 2. The molecule has 30 heavy (non-hydrogen) atoms. The van der Waals surface area contributed by atoms with E-state index in [0.717, 1.165) is 0 Å². The number of amides is 1. The van der Waals surface area contributed by atoms with Gasteiger partial charge in [0.05, 0.1) is 26.3 Å². The van der Waals surface area contributed by atoms with Crippen LogP contribution >= 0.6 is 11.8 Å². The molecule has 0 aliphatic carbocycles. The number of aromatic amines is 1. The molecule has 1 amide bonds. The third-order valence-corrected chi connectivity index (χ3v) is 5.03. The van der Waals surface area contributed by atoms with Crippen LogP contribution in [0.5, 0.6) is 11.5 Å². The molecule has 0 saturated carbocycles. The second-order valence-electron chi connectivity index (χ2n) is 6.22. The van der Waals surface area contributed by atoms with Crippen molar-refractivity contribution in [3.05, 3.63) is 76.0 Å². The molecule has 0 unspecified atom stereocenters. The lowest BCUT2D eigenvalue weighted by Gasteiger charge is -2.10. The van der Waals surface area contributed by atoms with Crippen molar-refractivity contribution in [1.82, 2.24) is 9.97 Å². The van der Waals surface area contributed by atoms with Crippen molar-refractivity contribution in [2.24, 2.45) is 0 Å². The zero-order chi connectivity index (χ0) is 21.5. The molecule has 1 aromatic heterocycles. The van der Waals surface area contributed by atoms with E-state index in [-0.39, 0.29) is 23.7 Å². The predicted octanol–water partition coefficient (Wildman–Crippen LogP) is 3.40. The molecule has 0 spiro atoms. The highest BCUT2D eigenvalue weighted by Crippen LogP contribution is 2.29. The van der Waals surface area contributed by atoms with E-state index >= 15 is 0 Å². The summed E-state index contributed by atoms with van der Waals surface area (Å²) in [7, 11) is 3.03. The number of thioether (sulfide) groups is 1. The van der Waals surface area contributed by atoms with Crippen LogP contribution in [-0.4, -0.2) is 30.1 Å². The van der Waals surface area contributed by atoms with Gasteiger partial charge in [-0.3, -0.25) is 9.59 Å². The number of carbonyl (C=O) groups is 1. The average molecular weight is 429 g/mol. The Bertz CT molecular complexity index is 1100. The number of nitrogens with one attached hydrogen (secondary N) is 2. The molecule has 9 heteroatoms. The maximum absolute atomic E-state index is 13.8. The molecule has 0 atom stereocenters. The number of anilines is 1. The molecule has 2 aromatic carbocycles. The van der Waals surface area contributed by atoms with Gasteiger partial charge < -0.3 is 19.8 Å². The molecule has 0 bridgehead atoms. The minimum Gasteiger partial charge on any atom is -0.493 e. The van der Waals surface area contributed by atoms with Gasteiger partial charge in [0.1, 0.15) is 5.82 Å². The maximum atomic E-state index is 13.8. The SMILES string of the molecule is COc1ccc(NC(=O)Cc2cc(=O)[nH]c(SCc3ccccc3F)n2)cc1OC. The minimum absolute atomic E-state index is 0.0917. The van der Waals surface area contributed by atoms with Gasteiger partial charge in [0.15, 0.2) is 16.7 Å². The fraction of sp³-hybridized carbons (Fsp3) is 0.190. The van der Waals surface area contributed by atoms with E-state index in [9.17, 15) is 14.0 Å². The summed E-state index contributed by atoms with van der Waals surface area (Å²) in [5.74, 6) is 0.666. The summed E-state index contributed by atoms with van der Waals surface area (Å²) in [6.07, 6.45) is -0.0917.